The molecule has 100 valence electrons. The van der Waals surface area contributed by atoms with Crippen molar-refractivity contribution in [3.05, 3.63) is 51.3 Å². The number of pyridine rings is 1. The minimum atomic E-state index is -0.596. The summed E-state index contributed by atoms with van der Waals surface area (Å²) in [5.74, 6) is 0.00601. The number of hydrogen-bond acceptors (Lipinski definition) is 3. The summed E-state index contributed by atoms with van der Waals surface area (Å²) in [5, 5.41) is 9.37. The number of halogens is 3. The molecule has 0 bridgehead atoms. The molecule has 0 fully saturated rings. The molecule has 0 spiro atoms. The van der Waals surface area contributed by atoms with Gasteiger partial charge in [0.05, 0.1) is 15.6 Å². The summed E-state index contributed by atoms with van der Waals surface area (Å²) >= 11 is 8.87. The molecule has 0 aliphatic carbocycles. The van der Waals surface area contributed by atoms with Crippen molar-refractivity contribution in [3.8, 4) is 11.6 Å². The van der Waals surface area contributed by atoms with Crippen LogP contribution in [0.25, 0.3) is 0 Å². The average Bonchev–Trinajstić information content (AvgIpc) is 2.36. The fraction of sp³-hybridized carbons (Fsp3) is 0.154. The van der Waals surface area contributed by atoms with E-state index in [-0.39, 0.29) is 10.8 Å². The molecule has 1 heterocycles. The number of benzene rings is 1. The lowest BCUT2D eigenvalue weighted by Crippen LogP contribution is -1.94. The van der Waals surface area contributed by atoms with Crippen LogP contribution in [0.1, 0.15) is 18.6 Å². The Balaban J connectivity index is 2.24. The molecule has 0 unspecified atom stereocenters. The van der Waals surface area contributed by atoms with E-state index in [2.05, 4.69) is 20.9 Å². The average molecular weight is 347 g/mol. The summed E-state index contributed by atoms with van der Waals surface area (Å²) in [6.45, 7) is 1.64. The van der Waals surface area contributed by atoms with E-state index in [0.29, 0.717) is 15.9 Å². The molecule has 0 saturated carbocycles. The molecule has 2 rings (SSSR count). The van der Waals surface area contributed by atoms with Gasteiger partial charge in [0.25, 0.3) is 0 Å². The van der Waals surface area contributed by atoms with Crippen LogP contribution in [0.15, 0.2) is 34.9 Å². The largest absolute Gasteiger partial charge is 0.438 e. The Hall–Kier alpha value is -1.17. The quantitative estimate of drug-likeness (QED) is 0.833. The van der Waals surface area contributed by atoms with Gasteiger partial charge in [0.1, 0.15) is 11.6 Å². The maximum atomic E-state index is 13.3. The van der Waals surface area contributed by atoms with Crippen LogP contribution in [0.4, 0.5) is 4.39 Å². The normalized spacial score (nSPS) is 12.3. The minimum absolute atomic E-state index is 0.0108. The number of rotatable bonds is 3. The van der Waals surface area contributed by atoms with E-state index in [0.717, 1.165) is 0 Å². The van der Waals surface area contributed by atoms with E-state index in [1.54, 1.807) is 19.1 Å². The van der Waals surface area contributed by atoms with Gasteiger partial charge in [0, 0.05) is 18.3 Å². The van der Waals surface area contributed by atoms with Gasteiger partial charge in [0.15, 0.2) is 0 Å². The Kier molecular flexibility index (Phi) is 4.39. The monoisotopic (exact) mass is 345 g/mol. The maximum absolute atomic E-state index is 13.3. The first-order valence-electron chi connectivity index (χ1n) is 5.44. The molecule has 1 atom stereocenters. The fourth-order valence-corrected chi connectivity index (χ4v) is 2.11. The van der Waals surface area contributed by atoms with E-state index in [9.17, 15) is 9.50 Å². The maximum Gasteiger partial charge on any atom is 0.219 e. The van der Waals surface area contributed by atoms with Crippen LogP contribution in [0, 0.1) is 5.82 Å². The number of aliphatic hydroxyl groups is 1. The lowest BCUT2D eigenvalue weighted by Gasteiger charge is -2.09. The second-order valence-electron chi connectivity index (χ2n) is 3.90. The zero-order chi connectivity index (χ0) is 14.0. The van der Waals surface area contributed by atoms with Crippen LogP contribution in [0.5, 0.6) is 11.6 Å². The molecule has 1 N–H and O–H groups in total. The summed E-state index contributed by atoms with van der Waals surface area (Å²) < 4.78 is 19.3. The van der Waals surface area contributed by atoms with E-state index in [1.807, 2.05) is 0 Å². The van der Waals surface area contributed by atoms with Crippen molar-refractivity contribution in [1.29, 1.82) is 0 Å². The van der Waals surface area contributed by atoms with Gasteiger partial charge in [-0.05, 0) is 40.5 Å². The van der Waals surface area contributed by atoms with Crippen molar-refractivity contribution in [2.75, 3.05) is 0 Å². The van der Waals surface area contributed by atoms with Crippen molar-refractivity contribution >= 4 is 27.5 Å². The number of ether oxygens (including phenoxy) is 1. The molecule has 3 nitrogen and oxygen atoms in total. The van der Waals surface area contributed by atoms with Crippen LogP contribution in [0.3, 0.4) is 0 Å². The van der Waals surface area contributed by atoms with Crippen LogP contribution in [-0.4, -0.2) is 10.1 Å². The Bertz CT molecular complexity index is 590. The predicted molar refractivity (Wildman–Crippen MR) is 74.1 cm³/mol. The zero-order valence-corrected chi connectivity index (χ0v) is 12.2. The molecule has 0 aliphatic heterocycles. The number of aromatic nitrogens is 1. The predicted octanol–water partition coefficient (Wildman–Crippen LogP) is 4.48. The van der Waals surface area contributed by atoms with Crippen LogP contribution < -0.4 is 4.74 Å². The van der Waals surface area contributed by atoms with Gasteiger partial charge in [-0.2, -0.15) is 0 Å². The molecule has 19 heavy (non-hydrogen) atoms. The third kappa shape index (κ3) is 3.43. The van der Waals surface area contributed by atoms with Crippen molar-refractivity contribution in [3.63, 3.8) is 0 Å². The standard InChI is InChI=1S/C13H10BrClFNO2/c1-7(18)8-2-3-13(17-6-8)19-12-5-11(16)10(15)4-9(12)14/h2-7,18H,1H3/t7-/m1/s1. The third-order valence-electron chi connectivity index (χ3n) is 2.43. The summed E-state index contributed by atoms with van der Waals surface area (Å²) in [6, 6.07) is 5.88. The smallest absolute Gasteiger partial charge is 0.219 e. The first-order chi connectivity index (χ1) is 8.97. The van der Waals surface area contributed by atoms with Crippen molar-refractivity contribution < 1.29 is 14.2 Å². The summed E-state index contributed by atoms with van der Waals surface area (Å²) in [5.41, 5.74) is 0.675. The van der Waals surface area contributed by atoms with Gasteiger partial charge < -0.3 is 9.84 Å². The van der Waals surface area contributed by atoms with Gasteiger partial charge in [-0.25, -0.2) is 9.37 Å². The first-order valence-corrected chi connectivity index (χ1v) is 6.61. The van der Waals surface area contributed by atoms with Crippen molar-refractivity contribution in [1.82, 2.24) is 4.98 Å². The molecule has 1 aromatic heterocycles. The van der Waals surface area contributed by atoms with Gasteiger partial charge in [-0.15, -0.1) is 0 Å². The lowest BCUT2D eigenvalue weighted by molar-refractivity contribution is 0.198. The van der Waals surface area contributed by atoms with Gasteiger partial charge in [0.2, 0.25) is 5.88 Å². The van der Waals surface area contributed by atoms with Crippen molar-refractivity contribution in [2.24, 2.45) is 0 Å². The van der Waals surface area contributed by atoms with E-state index in [4.69, 9.17) is 16.3 Å². The van der Waals surface area contributed by atoms with E-state index < -0.39 is 11.9 Å². The molecule has 6 heteroatoms. The Morgan fingerprint density at radius 1 is 1.42 bits per heavy atom. The molecule has 0 amide bonds. The minimum Gasteiger partial charge on any atom is -0.438 e. The summed E-state index contributed by atoms with van der Waals surface area (Å²) in [4.78, 5) is 4.03. The Morgan fingerprint density at radius 3 is 2.74 bits per heavy atom. The van der Waals surface area contributed by atoms with Gasteiger partial charge in [-0.1, -0.05) is 11.6 Å². The van der Waals surface area contributed by atoms with Crippen LogP contribution in [-0.2, 0) is 0 Å². The van der Waals surface area contributed by atoms with Crippen LogP contribution >= 0.6 is 27.5 Å². The molecule has 0 aliphatic rings. The van der Waals surface area contributed by atoms with Crippen LogP contribution in [0.2, 0.25) is 5.02 Å². The Morgan fingerprint density at radius 2 is 2.16 bits per heavy atom. The highest BCUT2D eigenvalue weighted by Crippen LogP contribution is 2.33. The highest BCUT2D eigenvalue weighted by atomic mass is 79.9. The topological polar surface area (TPSA) is 42.4 Å². The summed E-state index contributed by atoms with van der Waals surface area (Å²) in [6.07, 6.45) is 0.904. The number of aliphatic hydroxyl groups excluding tert-OH is 1. The molecule has 0 radical (unpaired) electrons. The molecular weight excluding hydrogens is 337 g/mol. The first kappa shape index (κ1) is 14.2. The third-order valence-corrected chi connectivity index (χ3v) is 3.34. The lowest BCUT2D eigenvalue weighted by atomic mass is 10.2. The fourth-order valence-electron chi connectivity index (χ4n) is 1.39. The number of nitrogens with zero attached hydrogens (tertiary/aromatic N) is 1. The zero-order valence-electron chi connectivity index (χ0n) is 9.90. The van der Waals surface area contributed by atoms with E-state index >= 15 is 0 Å². The SMILES string of the molecule is C[C@@H](O)c1ccc(Oc2cc(F)c(Cl)cc2Br)nc1. The highest BCUT2D eigenvalue weighted by Gasteiger charge is 2.10. The highest BCUT2D eigenvalue weighted by molar-refractivity contribution is 9.10. The molecule has 2 aromatic rings. The van der Waals surface area contributed by atoms with E-state index in [1.165, 1.54) is 18.3 Å². The number of hydrogen-bond donors (Lipinski definition) is 1. The second kappa shape index (κ2) is 5.86. The molecule has 0 saturated heterocycles. The molecule has 1 aromatic carbocycles. The van der Waals surface area contributed by atoms with Crippen molar-refractivity contribution in [2.45, 2.75) is 13.0 Å². The van der Waals surface area contributed by atoms with Gasteiger partial charge >= 0.3 is 0 Å². The summed E-state index contributed by atoms with van der Waals surface area (Å²) in [7, 11) is 0. The Labute approximate surface area is 123 Å². The molecular formula is C13H10BrClFNO2. The van der Waals surface area contributed by atoms with Gasteiger partial charge in [-0.3, -0.25) is 0 Å². The second-order valence-corrected chi connectivity index (χ2v) is 5.17.